The number of carbonyl (C=O) groups is 6. The Labute approximate surface area is 484 Å². The van der Waals surface area contributed by atoms with E-state index in [4.69, 9.17) is 28.4 Å². The highest BCUT2D eigenvalue weighted by Crippen LogP contribution is 2.31. The van der Waals surface area contributed by atoms with Crippen molar-refractivity contribution >= 4 is 57.0 Å². The van der Waals surface area contributed by atoms with E-state index in [1.54, 1.807) is 77.7 Å². The van der Waals surface area contributed by atoms with E-state index in [1.807, 2.05) is 77.9 Å². The summed E-state index contributed by atoms with van der Waals surface area (Å²) in [5.74, 6) is -2.32. The Balaban J connectivity index is 1.44. The summed E-state index contributed by atoms with van der Waals surface area (Å²) in [7, 11) is 9.46. The van der Waals surface area contributed by atoms with Gasteiger partial charge < -0.3 is 64.2 Å². The number of amides is 6. The lowest BCUT2D eigenvalue weighted by atomic mass is 9.89. The van der Waals surface area contributed by atoms with Gasteiger partial charge in [0.2, 0.25) is 35.4 Å². The smallest absolute Gasteiger partial charge is 0.245 e. The minimum absolute atomic E-state index is 0.0238. The van der Waals surface area contributed by atoms with Gasteiger partial charge in [-0.05, 0) is 66.0 Å². The number of likely N-dealkylation sites (tertiary alicyclic amines) is 1. The van der Waals surface area contributed by atoms with Gasteiger partial charge >= 0.3 is 0 Å². The molecule has 0 bridgehead atoms. The number of pyridine rings is 1. The molecule has 2 aromatic rings. The molecule has 80 heavy (non-hydrogen) atoms. The number of likely N-dealkylation sites (N-methyl/N-ethyl adjacent to an activating group) is 2. The number of methoxy groups -OCH3 is 2. The lowest BCUT2D eigenvalue weighted by molar-refractivity contribution is -0.148. The van der Waals surface area contributed by atoms with Gasteiger partial charge in [0, 0.05) is 59.8 Å². The standard InChI is InChI=1S/C58H95N7O13S2/c1-13-41(6)53(46(73-11)38-50(68)65-28-19-22-45(65)55(74-12)42(7)56(70)61-43(8)54(69)44-20-15-14-16-21-44)64(10)58(72)51(39(2)3)62-57(71)52(40(4)5)63(9)49(67)24-29-75-31-33-77-35-36-78-34-32-76-30-27-59-47(66)25-37-79-80-48-23-17-18-26-60-48/h14-18,20-21,23,26,39-43,45-46,51-55,69H,13,19,22,24-25,27-38H2,1-12H3,(H,59,66)(H,61,70)(H,62,71)/t41-,42+,43+,45-,46+,51-,52-,53-,54+,55+/m0/s1. The van der Waals surface area contributed by atoms with Crippen LogP contribution in [0.1, 0.15) is 106 Å². The predicted molar refractivity (Wildman–Crippen MR) is 311 cm³/mol. The van der Waals surface area contributed by atoms with Crippen molar-refractivity contribution in [3.05, 3.63) is 60.3 Å². The van der Waals surface area contributed by atoms with E-state index < -0.39 is 60.3 Å². The van der Waals surface area contributed by atoms with Gasteiger partial charge in [-0.3, -0.25) is 28.8 Å². The summed E-state index contributed by atoms with van der Waals surface area (Å²) in [6.45, 7) is 18.4. The summed E-state index contributed by atoms with van der Waals surface area (Å²) in [6, 6.07) is 11.5. The molecule has 3 rings (SSSR count). The molecule has 20 nitrogen and oxygen atoms in total. The minimum Gasteiger partial charge on any atom is -0.386 e. The number of carbonyl (C=O) groups excluding carboxylic acids is 6. The van der Waals surface area contributed by atoms with Crippen LogP contribution in [0, 0.1) is 23.7 Å². The molecule has 1 aromatic carbocycles. The quantitative estimate of drug-likeness (QED) is 0.0472. The number of hydrogen-bond donors (Lipinski definition) is 4. The number of aromatic nitrogens is 1. The molecule has 0 aliphatic carbocycles. The van der Waals surface area contributed by atoms with Crippen LogP contribution >= 0.6 is 21.6 Å². The van der Waals surface area contributed by atoms with Gasteiger partial charge in [-0.25, -0.2) is 4.98 Å². The Bertz CT molecular complexity index is 2120. The Morgan fingerprint density at radius 3 is 1.96 bits per heavy atom. The Hall–Kier alpha value is -4.39. The van der Waals surface area contributed by atoms with Gasteiger partial charge in [0.25, 0.3) is 0 Å². The van der Waals surface area contributed by atoms with Gasteiger partial charge in [-0.15, -0.1) is 0 Å². The zero-order valence-corrected chi connectivity index (χ0v) is 51.2. The minimum atomic E-state index is -0.956. The molecule has 0 unspecified atom stereocenters. The molecule has 0 spiro atoms. The fourth-order valence-electron chi connectivity index (χ4n) is 9.81. The maximum atomic E-state index is 14.6. The number of nitrogens with one attached hydrogen (secondary N) is 3. The normalized spacial score (nSPS) is 16.9. The van der Waals surface area contributed by atoms with E-state index in [-0.39, 0.29) is 73.3 Å². The molecule has 10 atom stereocenters. The van der Waals surface area contributed by atoms with Crippen molar-refractivity contribution in [1.29, 1.82) is 0 Å². The third-order valence-corrected chi connectivity index (χ3v) is 16.8. The van der Waals surface area contributed by atoms with Crippen LogP contribution in [0.2, 0.25) is 0 Å². The van der Waals surface area contributed by atoms with E-state index >= 15 is 0 Å². The second-order valence-corrected chi connectivity index (χ2v) is 23.5. The zero-order valence-electron chi connectivity index (χ0n) is 49.6. The van der Waals surface area contributed by atoms with Crippen LogP contribution in [0.25, 0.3) is 0 Å². The van der Waals surface area contributed by atoms with Gasteiger partial charge in [0.15, 0.2) is 0 Å². The monoisotopic (exact) mass is 1160 g/mol. The molecule has 0 radical (unpaired) electrons. The molecule has 0 saturated carbocycles. The van der Waals surface area contributed by atoms with E-state index in [0.29, 0.717) is 89.7 Å². The largest absolute Gasteiger partial charge is 0.386 e. The molecule has 2 heterocycles. The van der Waals surface area contributed by atoms with Gasteiger partial charge in [-0.1, -0.05) is 102 Å². The first kappa shape index (κ1) is 69.9. The first-order chi connectivity index (χ1) is 38.3. The number of aliphatic hydroxyl groups is 1. The van der Waals surface area contributed by atoms with E-state index in [0.717, 1.165) is 5.03 Å². The summed E-state index contributed by atoms with van der Waals surface area (Å²) >= 11 is 0. The molecule has 6 amide bonds. The summed E-state index contributed by atoms with van der Waals surface area (Å²) in [5, 5.41) is 20.6. The highest BCUT2D eigenvalue weighted by molar-refractivity contribution is 8.76. The fourth-order valence-corrected chi connectivity index (χ4v) is 11.7. The van der Waals surface area contributed by atoms with E-state index in [2.05, 4.69) is 20.9 Å². The molecule has 22 heteroatoms. The van der Waals surface area contributed by atoms with Crippen LogP contribution in [0.5, 0.6) is 0 Å². The highest BCUT2D eigenvalue weighted by atomic mass is 33.1. The Morgan fingerprint density at radius 2 is 1.39 bits per heavy atom. The first-order valence-electron chi connectivity index (χ1n) is 28.3. The number of hydrogen-bond acceptors (Lipinski definition) is 16. The van der Waals surface area contributed by atoms with Crippen LogP contribution in [-0.2, 0) is 57.2 Å². The molecule has 4 N–H and O–H groups in total. The number of aliphatic hydroxyl groups excluding tert-OH is 1. The molecular weight excluding hydrogens is 1070 g/mol. The highest BCUT2D eigenvalue weighted by Gasteiger charge is 2.43. The molecule has 1 aromatic heterocycles. The van der Waals surface area contributed by atoms with Gasteiger partial charge in [0.05, 0.1) is 108 Å². The zero-order chi connectivity index (χ0) is 59.1. The lowest BCUT2D eigenvalue weighted by Gasteiger charge is -2.41. The summed E-state index contributed by atoms with van der Waals surface area (Å²) in [5.41, 5.74) is 0.688. The van der Waals surface area contributed by atoms with Crippen molar-refractivity contribution in [1.82, 2.24) is 35.6 Å². The lowest BCUT2D eigenvalue weighted by Crippen LogP contribution is -2.60. The Morgan fingerprint density at radius 1 is 0.762 bits per heavy atom. The summed E-state index contributed by atoms with van der Waals surface area (Å²) in [4.78, 5) is 91.4. The molecular formula is C58H95N7O13S2. The van der Waals surface area contributed by atoms with Crippen molar-refractivity contribution in [2.45, 2.75) is 147 Å². The SMILES string of the molecule is CC[C@H](C)[C@@H]([C@@H](CC(=O)N1CCC[C@H]1[C@H](OC)[C@@H](C)C(=O)N[C@H](C)[C@@H](O)c1ccccc1)OC)N(C)C(=O)[C@@H](NC(=O)[C@H](C(C)C)N(C)C(=O)CCOCCOCCOCCOCCNC(=O)CCSSc1ccccn1)C(C)C. The molecule has 452 valence electrons. The second-order valence-electron chi connectivity index (χ2n) is 21.0. The van der Waals surface area contributed by atoms with Crippen LogP contribution in [0.3, 0.4) is 0 Å². The fraction of sp³-hybridized carbons (Fsp3) is 0.707. The summed E-state index contributed by atoms with van der Waals surface area (Å²) in [6.07, 6.45) is 1.91. The van der Waals surface area contributed by atoms with Gasteiger partial charge in [0.1, 0.15) is 17.1 Å². The predicted octanol–water partition coefficient (Wildman–Crippen LogP) is 5.57. The van der Waals surface area contributed by atoms with E-state index in [1.165, 1.54) is 19.1 Å². The van der Waals surface area contributed by atoms with Crippen molar-refractivity contribution in [3.8, 4) is 0 Å². The van der Waals surface area contributed by atoms with Crippen molar-refractivity contribution in [3.63, 3.8) is 0 Å². The average Bonchev–Trinajstić information content (AvgIpc) is 3.94. The Kier molecular flexibility index (Phi) is 33.5. The first-order valence-corrected chi connectivity index (χ1v) is 30.6. The van der Waals surface area contributed by atoms with Crippen molar-refractivity contribution < 1.29 is 62.3 Å². The molecule has 1 saturated heterocycles. The van der Waals surface area contributed by atoms with Crippen molar-refractivity contribution in [2.24, 2.45) is 23.7 Å². The van der Waals surface area contributed by atoms with Crippen LogP contribution in [0.4, 0.5) is 0 Å². The van der Waals surface area contributed by atoms with E-state index in [9.17, 15) is 33.9 Å². The van der Waals surface area contributed by atoms with Crippen molar-refractivity contribution in [2.75, 3.05) is 100 Å². The third kappa shape index (κ3) is 23.5. The molecule has 1 fully saturated rings. The van der Waals surface area contributed by atoms with Crippen LogP contribution in [0.15, 0.2) is 59.8 Å². The maximum absolute atomic E-state index is 14.6. The maximum Gasteiger partial charge on any atom is 0.245 e. The molecule has 1 aliphatic heterocycles. The van der Waals surface area contributed by atoms with Gasteiger partial charge in [-0.2, -0.15) is 0 Å². The average molecular weight is 1160 g/mol. The molecule has 1 aliphatic rings. The van der Waals surface area contributed by atoms with Crippen LogP contribution < -0.4 is 16.0 Å². The summed E-state index contributed by atoms with van der Waals surface area (Å²) < 4.78 is 34.4. The third-order valence-electron chi connectivity index (χ3n) is 14.5. The number of nitrogens with zero attached hydrogens (tertiary/aromatic N) is 4. The number of rotatable bonds is 40. The topological polar surface area (TPSA) is 237 Å². The van der Waals surface area contributed by atoms with Crippen LogP contribution in [-0.4, -0.2) is 203 Å². The number of benzene rings is 1. The second kappa shape index (κ2) is 38.4. The number of ether oxygens (including phenoxy) is 6.